The molecule has 4 rings (SSSR count). The molecule has 0 aliphatic carbocycles. The van der Waals surface area contributed by atoms with E-state index in [4.69, 9.17) is 10.00 Å². The first kappa shape index (κ1) is 16.6. The van der Waals surface area contributed by atoms with Crippen LogP contribution in [0.4, 0.5) is 0 Å². The van der Waals surface area contributed by atoms with E-state index in [1.807, 2.05) is 54.9 Å². The lowest BCUT2D eigenvalue weighted by atomic mass is 10.1. The summed E-state index contributed by atoms with van der Waals surface area (Å²) in [5.74, 6) is 0.577. The summed E-state index contributed by atoms with van der Waals surface area (Å²) >= 11 is 0. The van der Waals surface area contributed by atoms with E-state index < -0.39 is 0 Å². The van der Waals surface area contributed by atoms with Crippen molar-refractivity contribution in [1.29, 1.82) is 5.26 Å². The van der Waals surface area contributed by atoms with Gasteiger partial charge in [-0.05, 0) is 41.5 Å². The van der Waals surface area contributed by atoms with E-state index in [0.717, 1.165) is 27.8 Å². The van der Waals surface area contributed by atoms with E-state index in [-0.39, 0.29) is 0 Å². The van der Waals surface area contributed by atoms with Gasteiger partial charge in [0.2, 0.25) is 0 Å². The third-order valence-corrected chi connectivity index (χ3v) is 4.45. The number of imidazole rings is 1. The predicted octanol–water partition coefficient (Wildman–Crippen LogP) is 5.08. The Balaban J connectivity index is 1.74. The second-order valence-corrected chi connectivity index (χ2v) is 6.07. The number of para-hydroxylation sites is 3. The Morgan fingerprint density at radius 2 is 1.81 bits per heavy atom. The van der Waals surface area contributed by atoms with Gasteiger partial charge in [0.25, 0.3) is 0 Å². The molecule has 0 N–H and O–H groups in total. The summed E-state index contributed by atoms with van der Waals surface area (Å²) in [7, 11) is 1.57. The van der Waals surface area contributed by atoms with Gasteiger partial charge in [-0.2, -0.15) is 5.26 Å². The highest BCUT2D eigenvalue weighted by Crippen LogP contribution is 2.24. The van der Waals surface area contributed by atoms with Gasteiger partial charge in [-0.15, -0.1) is 0 Å². The Kier molecular flexibility index (Phi) is 4.42. The zero-order chi connectivity index (χ0) is 18.6. The monoisotopic (exact) mass is 351 g/mol. The first-order valence-electron chi connectivity index (χ1n) is 8.58. The molecule has 4 heteroatoms. The molecule has 3 aromatic carbocycles. The maximum atomic E-state index is 9.12. The average molecular weight is 351 g/mol. The molecule has 0 aliphatic rings. The average Bonchev–Trinajstić information content (AvgIpc) is 3.16. The molecule has 0 fully saturated rings. The second kappa shape index (κ2) is 7.19. The normalized spacial score (nSPS) is 11.0. The topological polar surface area (TPSA) is 50.8 Å². The lowest BCUT2D eigenvalue weighted by molar-refractivity contribution is 0.413. The number of rotatable bonds is 4. The number of hydrogen-bond donors (Lipinski definition) is 0. The molecule has 0 atom stereocenters. The fourth-order valence-electron chi connectivity index (χ4n) is 3.09. The van der Waals surface area contributed by atoms with Crippen LogP contribution in [0.15, 0.2) is 73.1 Å². The summed E-state index contributed by atoms with van der Waals surface area (Å²) in [6.07, 6.45) is 5.93. The number of hydrogen-bond acceptors (Lipinski definition) is 3. The highest BCUT2D eigenvalue weighted by Gasteiger charge is 2.07. The minimum Gasteiger partial charge on any atom is -0.495 e. The third-order valence-electron chi connectivity index (χ3n) is 4.45. The number of fused-ring (bicyclic) bond motifs is 1. The quantitative estimate of drug-likeness (QED) is 0.482. The fourth-order valence-corrected chi connectivity index (χ4v) is 3.09. The lowest BCUT2D eigenvalue weighted by Gasteiger charge is -2.08. The van der Waals surface area contributed by atoms with Crippen LogP contribution in [0.5, 0.6) is 5.75 Å². The first-order valence-corrected chi connectivity index (χ1v) is 8.58. The zero-order valence-corrected chi connectivity index (χ0v) is 14.8. The van der Waals surface area contributed by atoms with Gasteiger partial charge in [-0.25, -0.2) is 4.98 Å². The van der Waals surface area contributed by atoms with Crippen LogP contribution in [0.3, 0.4) is 0 Å². The summed E-state index contributed by atoms with van der Waals surface area (Å²) in [5.41, 5.74) is 5.66. The van der Waals surface area contributed by atoms with Gasteiger partial charge < -0.3 is 4.74 Å². The standard InChI is InChI=1S/C23H17N3O/c1-27-23-14-17(11-13-19(23)15-24)10-12-18-6-2-4-8-21(18)26-16-25-20-7-3-5-9-22(20)26/h2-14,16H,1H3/b12-10+. The van der Waals surface area contributed by atoms with E-state index in [2.05, 4.69) is 39.9 Å². The number of nitrogens with zero attached hydrogens (tertiary/aromatic N) is 3. The van der Waals surface area contributed by atoms with Crippen molar-refractivity contribution >= 4 is 23.2 Å². The van der Waals surface area contributed by atoms with E-state index in [1.54, 1.807) is 13.2 Å². The fraction of sp³-hybridized carbons (Fsp3) is 0.0435. The van der Waals surface area contributed by atoms with Crippen LogP contribution in [-0.4, -0.2) is 16.7 Å². The molecule has 0 unspecified atom stereocenters. The van der Waals surface area contributed by atoms with Crippen LogP contribution >= 0.6 is 0 Å². The molecule has 0 saturated carbocycles. The summed E-state index contributed by atoms with van der Waals surface area (Å²) in [4.78, 5) is 4.49. The molecule has 0 saturated heterocycles. The summed E-state index contributed by atoms with van der Waals surface area (Å²) in [6, 6.07) is 23.9. The van der Waals surface area contributed by atoms with E-state index in [0.29, 0.717) is 11.3 Å². The minimum absolute atomic E-state index is 0.528. The van der Waals surface area contributed by atoms with E-state index in [1.165, 1.54) is 0 Å². The number of ether oxygens (including phenoxy) is 1. The Hall–Kier alpha value is -3.84. The van der Waals surface area contributed by atoms with Crippen LogP contribution in [-0.2, 0) is 0 Å². The molecule has 4 aromatic rings. The smallest absolute Gasteiger partial charge is 0.137 e. The molecule has 0 radical (unpaired) electrons. The summed E-state index contributed by atoms with van der Waals surface area (Å²) in [6.45, 7) is 0. The molecule has 130 valence electrons. The first-order chi connectivity index (χ1) is 13.3. The predicted molar refractivity (Wildman–Crippen MR) is 108 cm³/mol. The van der Waals surface area contributed by atoms with Crippen molar-refractivity contribution in [3.05, 3.63) is 89.7 Å². The molecule has 4 nitrogen and oxygen atoms in total. The number of methoxy groups -OCH3 is 1. The highest BCUT2D eigenvalue weighted by atomic mass is 16.5. The molecule has 1 aromatic heterocycles. The van der Waals surface area contributed by atoms with Crippen LogP contribution in [0, 0.1) is 11.3 Å². The minimum atomic E-state index is 0.528. The third kappa shape index (κ3) is 3.19. The summed E-state index contributed by atoms with van der Waals surface area (Å²) in [5, 5.41) is 9.12. The number of nitriles is 1. The Morgan fingerprint density at radius 1 is 1.00 bits per heavy atom. The van der Waals surface area contributed by atoms with Gasteiger partial charge in [0.1, 0.15) is 18.1 Å². The van der Waals surface area contributed by atoms with Crippen LogP contribution in [0.2, 0.25) is 0 Å². The van der Waals surface area contributed by atoms with Crippen LogP contribution in [0.1, 0.15) is 16.7 Å². The van der Waals surface area contributed by atoms with Crippen molar-refractivity contribution in [2.45, 2.75) is 0 Å². The van der Waals surface area contributed by atoms with Crippen molar-refractivity contribution in [2.75, 3.05) is 7.11 Å². The van der Waals surface area contributed by atoms with Gasteiger partial charge in [-0.3, -0.25) is 4.57 Å². The second-order valence-electron chi connectivity index (χ2n) is 6.07. The maximum Gasteiger partial charge on any atom is 0.137 e. The Labute approximate surface area is 157 Å². The zero-order valence-electron chi connectivity index (χ0n) is 14.8. The molecule has 0 spiro atoms. The lowest BCUT2D eigenvalue weighted by Crippen LogP contribution is -1.94. The molecule has 1 heterocycles. The SMILES string of the molecule is COc1cc(/C=C/c2ccccc2-n2cnc3ccccc32)ccc1C#N. The van der Waals surface area contributed by atoms with Gasteiger partial charge in [0.15, 0.2) is 0 Å². The van der Waals surface area contributed by atoms with Gasteiger partial charge in [0, 0.05) is 0 Å². The molecule has 0 amide bonds. The van der Waals surface area contributed by atoms with Gasteiger partial charge >= 0.3 is 0 Å². The van der Waals surface area contributed by atoms with Crippen molar-refractivity contribution in [3.8, 4) is 17.5 Å². The summed E-state index contributed by atoms with van der Waals surface area (Å²) < 4.78 is 7.38. The van der Waals surface area contributed by atoms with Crippen molar-refractivity contribution in [1.82, 2.24) is 9.55 Å². The van der Waals surface area contributed by atoms with Crippen molar-refractivity contribution in [2.24, 2.45) is 0 Å². The van der Waals surface area contributed by atoms with E-state index >= 15 is 0 Å². The molecule has 27 heavy (non-hydrogen) atoms. The van der Waals surface area contributed by atoms with Gasteiger partial charge in [0.05, 0.1) is 29.4 Å². The maximum absolute atomic E-state index is 9.12. The molecular formula is C23H17N3O. The largest absolute Gasteiger partial charge is 0.495 e. The Morgan fingerprint density at radius 3 is 2.67 bits per heavy atom. The molecule has 0 aliphatic heterocycles. The van der Waals surface area contributed by atoms with E-state index in [9.17, 15) is 0 Å². The van der Waals surface area contributed by atoms with Crippen LogP contribution < -0.4 is 4.74 Å². The van der Waals surface area contributed by atoms with Crippen molar-refractivity contribution in [3.63, 3.8) is 0 Å². The molecule has 0 bridgehead atoms. The van der Waals surface area contributed by atoms with Crippen molar-refractivity contribution < 1.29 is 4.74 Å². The van der Waals surface area contributed by atoms with Crippen LogP contribution in [0.25, 0.3) is 28.9 Å². The highest BCUT2D eigenvalue weighted by molar-refractivity contribution is 5.80. The number of benzene rings is 3. The molecular weight excluding hydrogens is 334 g/mol. The Bertz CT molecular complexity index is 1180. The number of aromatic nitrogens is 2. The van der Waals surface area contributed by atoms with Gasteiger partial charge in [-0.1, -0.05) is 48.6 Å².